The molecule has 0 aliphatic carbocycles. The number of halogens is 1. The molecule has 1 saturated heterocycles. The lowest BCUT2D eigenvalue weighted by molar-refractivity contribution is -0.119. The van der Waals surface area contributed by atoms with Crippen molar-refractivity contribution in [2.45, 2.75) is 32.4 Å². The van der Waals surface area contributed by atoms with Crippen LogP contribution in [0.25, 0.3) is 0 Å². The number of nitrogens with zero attached hydrogens (tertiary/aromatic N) is 3. The first-order chi connectivity index (χ1) is 14.9. The van der Waals surface area contributed by atoms with Crippen LogP contribution < -0.4 is 19.9 Å². The maximum absolute atomic E-state index is 15.1. The molecule has 1 aromatic heterocycles. The van der Waals surface area contributed by atoms with E-state index in [2.05, 4.69) is 10.3 Å². The van der Waals surface area contributed by atoms with Crippen LogP contribution in [0, 0.1) is 5.82 Å². The number of carbonyl (C=O) groups excluding carboxylic acids is 1. The summed E-state index contributed by atoms with van der Waals surface area (Å²) in [7, 11) is 3.43. The average Bonchev–Trinajstić information content (AvgIpc) is 3.20. The zero-order valence-electron chi connectivity index (χ0n) is 18.6. The number of pyridine rings is 1. The van der Waals surface area contributed by atoms with E-state index in [4.69, 9.17) is 9.47 Å². The summed E-state index contributed by atoms with van der Waals surface area (Å²) < 4.78 is 26.3. The highest BCUT2D eigenvalue weighted by Crippen LogP contribution is 2.30. The Bertz CT molecular complexity index is 878. The van der Waals surface area contributed by atoms with Crippen molar-refractivity contribution in [3.63, 3.8) is 0 Å². The Balaban J connectivity index is 1.61. The Kier molecular flexibility index (Phi) is 7.68. The maximum Gasteiger partial charge on any atom is 0.217 e. The van der Waals surface area contributed by atoms with Crippen molar-refractivity contribution >= 4 is 17.4 Å². The summed E-state index contributed by atoms with van der Waals surface area (Å²) in [6, 6.07) is 9.38. The number of nitrogens with one attached hydrogen (secondary N) is 1. The van der Waals surface area contributed by atoms with Gasteiger partial charge in [0.25, 0.3) is 0 Å². The van der Waals surface area contributed by atoms with E-state index in [0.717, 1.165) is 17.7 Å². The van der Waals surface area contributed by atoms with Crippen LogP contribution in [0.15, 0.2) is 36.5 Å². The van der Waals surface area contributed by atoms with Gasteiger partial charge in [0.1, 0.15) is 11.9 Å². The smallest absolute Gasteiger partial charge is 0.217 e. The molecular weight excluding hydrogens is 399 g/mol. The molecule has 0 radical (unpaired) electrons. The quantitative estimate of drug-likeness (QED) is 0.659. The van der Waals surface area contributed by atoms with E-state index in [9.17, 15) is 4.79 Å². The third-order valence-corrected chi connectivity index (χ3v) is 5.43. The van der Waals surface area contributed by atoms with Gasteiger partial charge < -0.3 is 24.6 Å². The molecule has 0 spiro atoms. The average molecular weight is 431 g/mol. The van der Waals surface area contributed by atoms with Crippen LogP contribution in [0.5, 0.6) is 5.75 Å². The largest absolute Gasteiger partial charge is 0.489 e. The van der Waals surface area contributed by atoms with Crippen LogP contribution in [0.2, 0.25) is 0 Å². The van der Waals surface area contributed by atoms with Gasteiger partial charge in [0.2, 0.25) is 5.91 Å². The van der Waals surface area contributed by atoms with E-state index in [1.165, 1.54) is 6.92 Å². The van der Waals surface area contributed by atoms with Crippen molar-refractivity contribution in [1.29, 1.82) is 0 Å². The molecular formula is C23H31FN4O3. The molecule has 3 rings (SSSR count). The minimum absolute atomic E-state index is 0.0270. The van der Waals surface area contributed by atoms with Gasteiger partial charge in [-0.1, -0.05) is 12.1 Å². The van der Waals surface area contributed by atoms with Crippen LogP contribution in [0.1, 0.15) is 31.9 Å². The van der Waals surface area contributed by atoms with Gasteiger partial charge in [-0.3, -0.25) is 4.79 Å². The van der Waals surface area contributed by atoms with E-state index in [1.807, 2.05) is 36.1 Å². The van der Waals surface area contributed by atoms with Crippen molar-refractivity contribution in [2.24, 2.45) is 0 Å². The highest BCUT2D eigenvalue weighted by atomic mass is 19.1. The predicted molar refractivity (Wildman–Crippen MR) is 119 cm³/mol. The highest BCUT2D eigenvalue weighted by Gasteiger charge is 2.27. The lowest BCUT2D eigenvalue weighted by Gasteiger charge is -2.23. The summed E-state index contributed by atoms with van der Waals surface area (Å²) >= 11 is 0. The summed E-state index contributed by atoms with van der Waals surface area (Å²) in [6.07, 6.45) is 2.42. The molecule has 2 atom stereocenters. The molecule has 1 aromatic carbocycles. The molecule has 7 nitrogen and oxygen atoms in total. The van der Waals surface area contributed by atoms with E-state index < -0.39 is 0 Å². The molecule has 1 N–H and O–H groups in total. The third-order valence-electron chi connectivity index (χ3n) is 5.43. The summed E-state index contributed by atoms with van der Waals surface area (Å²) in [6.45, 7) is 5.83. The molecule has 8 heteroatoms. The Hall–Kier alpha value is -2.87. The Morgan fingerprint density at radius 2 is 2.10 bits per heavy atom. The molecule has 1 amide bonds. The molecule has 31 heavy (non-hydrogen) atoms. The van der Waals surface area contributed by atoms with Gasteiger partial charge in [0.05, 0.1) is 24.9 Å². The minimum atomic E-state index is -0.321. The maximum atomic E-state index is 15.1. The van der Waals surface area contributed by atoms with Gasteiger partial charge in [-0.2, -0.15) is 0 Å². The van der Waals surface area contributed by atoms with E-state index in [1.54, 1.807) is 31.3 Å². The molecule has 1 aliphatic heterocycles. The van der Waals surface area contributed by atoms with Gasteiger partial charge in [-0.05, 0) is 30.7 Å². The number of aromatic nitrogens is 1. The van der Waals surface area contributed by atoms with Crippen molar-refractivity contribution in [2.75, 3.05) is 50.2 Å². The van der Waals surface area contributed by atoms with Crippen LogP contribution in [0.3, 0.4) is 0 Å². The molecule has 1 fully saturated rings. The van der Waals surface area contributed by atoms with Crippen LogP contribution in [0.4, 0.5) is 15.9 Å². The molecule has 2 heterocycles. The summed E-state index contributed by atoms with van der Waals surface area (Å²) in [5, 5.41) is 2.87. The highest BCUT2D eigenvalue weighted by molar-refractivity contribution is 5.73. The molecule has 168 valence electrons. The Morgan fingerprint density at radius 1 is 1.35 bits per heavy atom. The van der Waals surface area contributed by atoms with E-state index >= 15 is 4.39 Å². The van der Waals surface area contributed by atoms with Gasteiger partial charge in [0, 0.05) is 46.8 Å². The first-order valence-corrected chi connectivity index (χ1v) is 10.5. The Labute approximate surface area is 183 Å². The monoisotopic (exact) mass is 430 g/mol. The van der Waals surface area contributed by atoms with Crippen LogP contribution >= 0.6 is 0 Å². The van der Waals surface area contributed by atoms with Crippen molar-refractivity contribution in [3.8, 4) is 5.75 Å². The number of amides is 1. The van der Waals surface area contributed by atoms with E-state index in [-0.39, 0.29) is 23.9 Å². The molecule has 0 bridgehead atoms. The second kappa shape index (κ2) is 10.4. The second-order valence-electron chi connectivity index (χ2n) is 7.85. The van der Waals surface area contributed by atoms with Gasteiger partial charge in [-0.25, -0.2) is 9.37 Å². The number of ether oxygens (including phenoxy) is 2. The lowest BCUT2D eigenvalue weighted by Crippen LogP contribution is -2.28. The van der Waals surface area contributed by atoms with Crippen molar-refractivity contribution < 1.29 is 18.7 Å². The fourth-order valence-electron chi connectivity index (χ4n) is 3.73. The normalized spacial score (nSPS) is 16.8. The van der Waals surface area contributed by atoms with E-state index in [0.29, 0.717) is 37.7 Å². The van der Waals surface area contributed by atoms with Crippen molar-refractivity contribution in [1.82, 2.24) is 10.3 Å². The first-order valence-electron chi connectivity index (χ1n) is 10.5. The second-order valence-corrected chi connectivity index (χ2v) is 7.85. The molecule has 1 aliphatic rings. The third kappa shape index (κ3) is 5.85. The zero-order valence-corrected chi connectivity index (χ0v) is 18.6. The van der Waals surface area contributed by atoms with Gasteiger partial charge in [0.15, 0.2) is 11.6 Å². The predicted octanol–water partition coefficient (Wildman–Crippen LogP) is 3.16. The molecule has 0 unspecified atom stereocenters. The Morgan fingerprint density at radius 3 is 2.77 bits per heavy atom. The fraction of sp³-hybridized carbons (Fsp3) is 0.478. The number of benzene rings is 1. The number of hydrogen-bond acceptors (Lipinski definition) is 6. The minimum Gasteiger partial charge on any atom is -0.489 e. The number of rotatable bonds is 9. The standard InChI is InChI=1S/C23H31FN4O3/c1-16(26-17(2)29)18-5-7-19(8-6-18)31-20-10-12-28(15-20)21-9-11-25-23(22(21)24)27(3)13-14-30-4/h5-9,11,16,20H,10,12-15H2,1-4H3,(H,26,29)/t16-,20+/m0/s1. The van der Waals surface area contributed by atoms with Crippen LogP contribution in [-0.4, -0.2) is 57.4 Å². The fourth-order valence-corrected chi connectivity index (χ4v) is 3.73. The summed E-state index contributed by atoms with van der Waals surface area (Å²) in [4.78, 5) is 19.2. The van der Waals surface area contributed by atoms with Crippen molar-refractivity contribution in [3.05, 3.63) is 47.9 Å². The number of carbonyl (C=O) groups is 1. The summed E-state index contributed by atoms with van der Waals surface area (Å²) in [5.74, 6) is 0.706. The lowest BCUT2D eigenvalue weighted by atomic mass is 10.1. The molecule has 0 saturated carbocycles. The number of anilines is 2. The number of hydrogen-bond donors (Lipinski definition) is 1. The SMILES string of the molecule is COCCN(C)c1nccc(N2CC[C@@H](Oc3ccc([C@H](C)NC(C)=O)cc3)C2)c1F. The number of methoxy groups -OCH3 is 1. The molecule has 2 aromatic rings. The van der Waals surface area contributed by atoms with Crippen LogP contribution in [-0.2, 0) is 9.53 Å². The number of likely N-dealkylation sites (N-methyl/N-ethyl adjacent to an activating group) is 1. The summed E-state index contributed by atoms with van der Waals surface area (Å²) in [5.41, 5.74) is 1.56. The van der Waals surface area contributed by atoms with Gasteiger partial charge in [-0.15, -0.1) is 0 Å². The first kappa shape index (κ1) is 22.8. The van der Waals surface area contributed by atoms with Gasteiger partial charge >= 0.3 is 0 Å². The zero-order chi connectivity index (χ0) is 22.4. The topological polar surface area (TPSA) is 66.9 Å².